The molecule has 6 heteroatoms. The molecule has 19 heavy (non-hydrogen) atoms. The molecule has 2 fully saturated rings. The standard InChI is InChI=1S/C13H20BFN2O2/c1-12(2)13(3,4)19-14(18-12)10-8-17(16-11(10)15)9-6-5-7-9/h8-9H,5-7H2,1-4H3. The molecule has 4 nitrogen and oxygen atoms in total. The molecule has 1 aliphatic heterocycles. The molecule has 0 radical (unpaired) electrons. The number of halogens is 1. The lowest BCUT2D eigenvalue weighted by atomic mass is 9.81. The Kier molecular flexibility index (Phi) is 2.80. The summed E-state index contributed by atoms with van der Waals surface area (Å²) in [5, 5.41) is 3.96. The lowest BCUT2D eigenvalue weighted by Crippen LogP contribution is -2.41. The summed E-state index contributed by atoms with van der Waals surface area (Å²) in [6.45, 7) is 7.84. The van der Waals surface area contributed by atoms with Gasteiger partial charge in [-0.3, -0.25) is 4.68 Å². The molecule has 2 heterocycles. The highest BCUT2D eigenvalue weighted by atomic mass is 19.1. The van der Waals surface area contributed by atoms with Gasteiger partial charge in [-0.2, -0.15) is 4.39 Å². The fourth-order valence-electron chi connectivity index (χ4n) is 2.35. The van der Waals surface area contributed by atoms with Crippen LogP contribution in [-0.4, -0.2) is 28.1 Å². The molecular weight excluding hydrogens is 246 g/mol. The van der Waals surface area contributed by atoms with E-state index >= 15 is 0 Å². The molecule has 0 aromatic carbocycles. The van der Waals surface area contributed by atoms with Crippen molar-refractivity contribution in [2.75, 3.05) is 0 Å². The molecule has 0 amide bonds. The molecule has 104 valence electrons. The van der Waals surface area contributed by atoms with Crippen LogP contribution < -0.4 is 5.46 Å². The quantitative estimate of drug-likeness (QED) is 0.768. The Balaban J connectivity index is 1.85. The third-order valence-corrected chi connectivity index (χ3v) is 4.67. The average Bonchev–Trinajstić information content (AvgIpc) is 2.63. The van der Waals surface area contributed by atoms with E-state index in [1.54, 1.807) is 10.9 Å². The number of aromatic nitrogens is 2. The van der Waals surface area contributed by atoms with Gasteiger partial charge in [-0.25, -0.2) is 0 Å². The third kappa shape index (κ3) is 2.01. The van der Waals surface area contributed by atoms with Crippen LogP contribution in [0, 0.1) is 5.95 Å². The Bertz CT molecular complexity index is 481. The SMILES string of the molecule is CC1(C)OB(c2cn(C3CCC3)nc2F)OC1(C)C. The summed E-state index contributed by atoms with van der Waals surface area (Å²) >= 11 is 0. The van der Waals surface area contributed by atoms with Gasteiger partial charge in [0, 0.05) is 6.20 Å². The first-order chi connectivity index (χ1) is 8.80. The average molecular weight is 266 g/mol. The smallest absolute Gasteiger partial charge is 0.399 e. The van der Waals surface area contributed by atoms with E-state index in [2.05, 4.69) is 5.10 Å². The van der Waals surface area contributed by atoms with Crippen LogP contribution in [0.15, 0.2) is 6.20 Å². The largest absolute Gasteiger partial charge is 0.501 e. The summed E-state index contributed by atoms with van der Waals surface area (Å²) in [5.41, 5.74) is -0.503. The highest BCUT2D eigenvalue weighted by molar-refractivity contribution is 6.62. The van der Waals surface area contributed by atoms with Gasteiger partial charge in [0.2, 0.25) is 5.95 Å². The topological polar surface area (TPSA) is 36.3 Å². The van der Waals surface area contributed by atoms with E-state index in [-0.39, 0.29) is 0 Å². The Morgan fingerprint density at radius 2 is 1.84 bits per heavy atom. The Hall–Kier alpha value is -0.875. The van der Waals surface area contributed by atoms with E-state index in [1.165, 1.54) is 6.42 Å². The summed E-state index contributed by atoms with van der Waals surface area (Å²) in [4.78, 5) is 0. The maximum atomic E-state index is 14.0. The lowest BCUT2D eigenvalue weighted by molar-refractivity contribution is 0.00578. The summed E-state index contributed by atoms with van der Waals surface area (Å²) in [6.07, 6.45) is 5.08. The molecule has 1 aromatic rings. The van der Waals surface area contributed by atoms with E-state index in [1.807, 2.05) is 27.7 Å². The lowest BCUT2D eigenvalue weighted by Gasteiger charge is -2.32. The predicted molar refractivity (Wildman–Crippen MR) is 70.8 cm³/mol. The van der Waals surface area contributed by atoms with Crippen molar-refractivity contribution in [2.24, 2.45) is 0 Å². The van der Waals surface area contributed by atoms with E-state index in [0.717, 1.165) is 12.8 Å². The second kappa shape index (κ2) is 4.06. The van der Waals surface area contributed by atoms with Crippen LogP contribution in [-0.2, 0) is 9.31 Å². The van der Waals surface area contributed by atoms with Gasteiger partial charge in [0.25, 0.3) is 0 Å². The number of hydrogen-bond acceptors (Lipinski definition) is 3. The number of rotatable bonds is 2. The van der Waals surface area contributed by atoms with Crippen molar-refractivity contribution < 1.29 is 13.7 Å². The molecule has 0 bridgehead atoms. The first-order valence-electron chi connectivity index (χ1n) is 6.90. The van der Waals surface area contributed by atoms with Crippen molar-refractivity contribution in [3.63, 3.8) is 0 Å². The minimum Gasteiger partial charge on any atom is -0.399 e. The first kappa shape index (κ1) is 13.1. The zero-order valence-corrected chi connectivity index (χ0v) is 11.9. The molecule has 1 saturated heterocycles. The van der Waals surface area contributed by atoms with E-state index in [9.17, 15) is 4.39 Å². The highest BCUT2D eigenvalue weighted by Gasteiger charge is 2.53. The molecule has 1 aromatic heterocycles. The van der Waals surface area contributed by atoms with Crippen LogP contribution in [0.25, 0.3) is 0 Å². The zero-order chi connectivity index (χ0) is 13.8. The van der Waals surface area contributed by atoms with Gasteiger partial charge < -0.3 is 9.31 Å². The minimum absolute atomic E-state index is 0.339. The van der Waals surface area contributed by atoms with Crippen molar-refractivity contribution in [1.29, 1.82) is 0 Å². The van der Waals surface area contributed by atoms with Crippen molar-refractivity contribution in [2.45, 2.75) is 64.2 Å². The minimum atomic E-state index is -0.668. The van der Waals surface area contributed by atoms with Gasteiger partial charge in [-0.1, -0.05) is 0 Å². The van der Waals surface area contributed by atoms with Crippen LogP contribution >= 0.6 is 0 Å². The van der Waals surface area contributed by atoms with Gasteiger partial charge in [0.05, 0.1) is 22.7 Å². The monoisotopic (exact) mass is 266 g/mol. The second-order valence-electron chi connectivity index (χ2n) is 6.53. The maximum absolute atomic E-state index is 14.0. The van der Waals surface area contributed by atoms with Gasteiger partial charge in [-0.05, 0) is 47.0 Å². The summed E-state index contributed by atoms with van der Waals surface area (Å²) in [7, 11) is -0.668. The fraction of sp³-hybridized carbons (Fsp3) is 0.769. The molecular formula is C13H20BFN2O2. The fourth-order valence-corrected chi connectivity index (χ4v) is 2.35. The first-order valence-corrected chi connectivity index (χ1v) is 6.90. The molecule has 0 unspecified atom stereocenters. The normalized spacial score (nSPS) is 25.6. The van der Waals surface area contributed by atoms with E-state index in [0.29, 0.717) is 11.5 Å². The molecule has 0 spiro atoms. The van der Waals surface area contributed by atoms with Crippen molar-refractivity contribution >= 4 is 12.6 Å². The van der Waals surface area contributed by atoms with E-state index in [4.69, 9.17) is 9.31 Å². The Labute approximate surface area is 113 Å². The van der Waals surface area contributed by atoms with Crippen LogP contribution in [0.4, 0.5) is 4.39 Å². The molecule has 1 aliphatic carbocycles. The van der Waals surface area contributed by atoms with Gasteiger partial charge in [0.15, 0.2) is 0 Å². The molecule has 1 saturated carbocycles. The van der Waals surface area contributed by atoms with Crippen LogP contribution in [0.3, 0.4) is 0 Å². The molecule has 3 rings (SSSR count). The number of hydrogen-bond donors (Lipinski definition) is 0. The van der Waals surface area contributed by atoms with Gasteiger partial charge in [-0.15, -0.1) is 5.10 Å². The third-order valence-electron chi connectivity index (χ3n) is 4.67. The van der Waals surface area contributed by atoms with Crippen molar-refractivity contribution in [1.82, 2.24) is 9.78 Å². The molecule has 0 N–H and O–H groups in total. The molecule has 0 atom stereocenters. The van der Waals surface area contributed by atoms with Gasteiger partial charge >= 0.3 is 7.12 Å². The van der Waals surface area contributed by atoms with Crippen molar-refractivity contribution in [3.05, 3.63) is 12.1 Å². The van der Waals surface area contributed by atoms with Crippen LogP contribution in [0.5, 0.6) is 0 Å². The summed E-state index contributed by atoms with van der Waals surface area (Å²) in [6, 6.07) is 0.339. The van der Waals surface area contributed by atoms with Crippen molar-refractivity contribution in [3.8, 4) is 0 Å². The van der Waals surface area contributed by atoms with E-state index < -0.39 is 24.3 Å². The van der Waals surface area contributed by atoms with Crippen LogP contribution in [0.2, 0.25) is 0 Å². The molecule has 2 aliphatic rings. The zero-order valence-electron chi connectivity index (χ0n) is 11.9. The highest BCUT2D eigenvalue weighted by Crippen LogP contribution is 2.37. The van der Waals surface area contributed by atoms with Crippen LogP contribution in [0.1, 0.15) is 53.0 Å². The second-order valence-corrected chi connectivity index (χ2v) is 6.53. The Morgan fingerprint density at radius 1 is 1.26 bits per heavy atom. The van der Waals surface area contributed by atoms with Gasteiger partial charge in [0.1, 0.15) is 0 Å². The Morgan fingerprint density at radius 3 is 2.32 bits per heavy atom. The predicted octanol–water partition coefficient (Wildman–Crippen LogP) is 2.05. The maximum Gasteiger partial charge on any atom is 0.501 e. The summed E-state index contributed by atoms with van der Waals surface area (Å²) < 4.78 is 27.4. The number of nitrogens with zero attached hydrogens (tertiary/aromatic N) is 2. The summed E-state index contributed by atoms with van der Waals surface area (Å²) in [5.74, 6) is -0.481.